The molecule has 0 saturated carbocycles. The lowest BCUT2D eigenvalue weighted by Gasteiger charge is -2.17. The van der Waals surface area contributed by atoms with Crippen LogP contribution in [0.25, 0.3) is 0 Å². The minimum absolute atomic E-state index is 0.350. The Kier molecular flexibility index (Phi) is 6.94. The quantitative estimate of drug-likeness (QED) is 0.718. The molecule has 0 spiro atoms. The van der Waals surface area contributed by atoms with Gasteiger partial charge in [0.25, 0.3) is 0 Å². The molecule has 3 nitrogen and oxygen atoms in total. The van der Waals surface area contributed by atoms with Gasteiger partial charge in [-0.3, -0.25) is 0 Å². The summed E-state index contributed by atoms with van der Waals surface area (Å²) in [6.07, 6.45) is 0.992. The summed E-state index contributed by atoms with van der Waals surface area (Å²) in [6, 6.07) is 7.04. The van der Waals surface area contributed by atoms with Crippen molar-refractivity contribution in [3.05, 3.63) is 34.9 Å². The standard InChI is InChI=1S/C15H25NO2/c1-12-7-13(2)9-14(8-12)10-15(16-3)11-18-6-5-17-4/h7-9,15-16H,5-6,10-11H2,1-4H3. The van der Waals surface area contributed by atoms with Gasteiger partial charge in [-0.25, -0.2) is 0 Å². The zero-order valence-electron chi connectivity index (χ0n) is 12.0. The summed E-state index contributed by atoms with van der Waals surface area (Å²) in [6.45, 7) is 6.30. The molecule has 1 rings (SSSR count). The van der Waals surface area contributed by atoms with Crippen molar-refractivity contribution in [2.45, 2.75) is 26.3 Å². The molecule has 0 aromatic heterocycles. The molecule has 102 valence electrons. The molecule has 0 amide bonds. The Bertz CT molecular complexity index is 332. The summed E-state index contributed by atoms with van der Waals surface area (Å²) in [4.78, 5) is 0. The first-order valence-corrected chi connectivity index (χ1v) is 6.47. The van der Waals surface area contributed by atoms with E-state index in [1.165, 1.54) is 16.7 Å². The first-order chi connectivity index (χ1) is 8.65. The van der Waals surface area contributed by atoms with Crippen LogP contribution < -0.4 is 5.32 Å². The molecule has 1 atom stereocenters. The van der Waals surface area contributed by atoms with Gasteiger partial charge in [0.1, 0.15) is 0 Å². The summed E-state index contributed by atoms with van der Waals surface area (Å²) in [7, 11) is 3.67. The molecule has 1 unspecified atom stereocenters. The minimum Gasteiger partial charge on any atom is -0.382 e. The smallest absolute Gasteiger partial charge is 0.0701 e. The molecule has 0 aliphatic rings. The monoisotopic (exact) mass is 251 g/mol. The molecule has 0 aliphatic carbocycles. The van der Waals surface area contributed by atoms with Gasteiger partial charge in [0.05, 0.1) is 19.8 Å². The van der Waals surface area contributed by atoms with Gasteiger partial charge in [0.15, 0.2) is 0 Å². The van der Waals surface area contributed by atoms with E-state index >= 15 is 0 Å². The van der Waals surface area contributed by atoms with Crippen LogP contribution in [0.5, 0.6) is 0 Å². The third kappa shape index (κ3) is 5.63. The van der Waals surface area contributed by atoms with Gasteiger partial charge in [0.2, 0.25) is 0 Å². The van der Waals surface area contributed by atoms with Crippen molar-refractivity contribution in [3.8, 4) is 0 Å². The highest BCUT2D eigenvalue weighted by Crippen LogP contribution is 2.11. The number of likely N-dealkylation sites (N-methyl/N-ethyl adjacent to an activating group) is 1. The van der Waals surface area contributed by atoms with Crippen LogP contribution in [-0.2, 0) is 15.9 Å². The van der Waals surface area contributed by atoms with Gasteiger partial charge >= 0.3 is 0 Å². The number of hydrogen-bond donors (Lipinski definition) is 1. The van der Waals surface area contributed by atoms with E-state index in [-0.39, 0.29) is 0 Å². The van der Waals surface area contributed by atoms with E-state index in [4.69, 9.17) is 9.47 Å². The van der Waals surface area contributed by atoms with E-state index in [2.05, 4.69) is 37.4 Å². The minimum atomic E-state index is 0.350. The Labute approximate surface area is 110 Å². The average molecular weight is 251 g/mol. The van der Waals surface area contributed by atoms with Crippen LogP contribution in [0.15, 0.2) is 18.2 Å². The van der Waals surface area contributed by atoms with Gasteiger partial charge < -0.3 is 14.8 Å². The van der Waals surface area contributed by atoms with E-state index < -0.39 is 0 Å². The Morgan fingerprint density at radius 2 is 1.78 bits per heavy atom. The molecule has 0 aliphatic heterocycles. The van der Waals surface area contributed by atoms with Crippen LogP contribution in [0.3, 0.4) is 0 Å². The maximum absolute atomic E-state index is 5.57. The molecule has 18 heavy (non-hydrogen) atoms. The summed E-state index contributed by atoms with van der Waals surface area (Å²) >= 11 is 0. The average Bonchev–Trinajstić information content (AvgIpc) is 2.32. The second-order valence-corrected chi connectivity index (χ2v) is 4.75. The van der Waals surface area contributed by atoms with E-state index in [0.29, 0.717) is 25.9 Å². The predicted octanol–water partition coefficient (Wildman–Crippen LogP) is 2.10. The van der Waals surface area contributed by atoms with Gasteiger partial charge in [0, 0.05) is 13.2 Å². The summed E-state index contributed by atoms with van der Waals surface area (Å²) in [5.74, 6) is 0. The lowest BCUT2D eigenvalue weighted by Crippen LogP contribution is -2.33. The van der Waals surface area contributed by atoms with Gasteiger partial charge in [-0.2, -0.15) is 0 Å². The molecule has 0 radical (unpaired) electrons. The fourth-order valence-electron chi connectivity index (χ4n) is 2.08. The second kappa shape index (κ2) is 8.25. The zero-order valence-corrected chi connectivity index (χ0v) is 12.0. The SMILES string of the molecule is CNC(COCCOC)Cc1cc(C)cc(C)c1. The van der Waals surface area contributed by atoms with Gasteiger partial charge in [-0.15, -0.1) is 0 Å². The number of rotatable bonds is 8. The van der Waals surface area contributed by atoms with E-state index in [1.807, 2.05) is 7.05 Å². The lowest BCUT2D eigenvalue weighted by molar-refractivity contribution is 0.0598. The highest BCUT2D eigenvalue weighted by Gasteiger charge is 2.08. The first kappa shape index (κ1) is 15.2. The maximum Gasteiger partial charge on any atom is 0.0701 e. The Hall–Kier alpha value is -0.900. The molecule has 1 aromatic rings. The molecule has 3 heteroatoms. The highest BCUT2D eigenvalue weighted by molar-refractivity contribution is 5.29. The summed E-state index contributed by atoms with van der Waals surface area (Å²) in [5, 5.41) is 3.30. The number of methoxy groups -OCH3 is 1. The Morgan fingerprint density at radius 1 is 1.11 bits per heavy atom. The first-order valence-electron chi connectivity index (χ1n) is 6.47. The van der Waals surface area contributed by atoms with Crippen molar-refractivity contribution in [2.75, 3.05) is 34.0 Å². The largest absolute Gasteiger partial charge is 0.382 e. The molecule has 0 heterocycles. The predicted molar refractivity (Wildman–Crippen MR) is 75.2 cm³/mol. The number of aryl methyl sites for hydroxylation is 2. The summed E-state index contributed by atoms with van der Waals surface area (Å²) in [5.41, 5.74) is 4.00. The maximum atomic E-state index is 5.57. The van der Waals surface area contributed by atoms with Crippen LogP contribution in [0.2, 0.25) is 0 Å². The van der Waals surface area contributed by atoms with Gasteiger partial charge in [-0.05, 0) is 32.9 Å². The number of hydrogen-bond acceptors (Lipinski definition) is 3. The number of ether oxygens (including phenoxy) is 2. The molecule has 0 bridgehead atoms. The van der Waals surface area contributed by atoms with Crippen molar-refractivity contribution in [3.63, 3.8) is 0 Å². The Balaban J connectivity index is 2.46. The fraction of sp³-hybridized carbons (Fsp3) is 0.600. The number of benzene rings is 1. The van der Waals surface area contributed by atoms with E-state index in [1.54, 1.807) is 7.11 Å². The fourth-order valence-corrected chi connectivity index (χ4v) is 2.08. The molecule has 0 saturated heterocycles. The number of nitrogens with one attached hydrogen (secondary N) is 1. The third-order valence-electron chi connectivity index (χ3n) is 2.92. The second-order valence-electron chi connectivity index (χ2n) is 4.75. The zero-order chi connectivity index (χ0) is 13.4. The van der Waals surface area contributed by atoms with Gasteiger partial charge in [-0.1, -0.05) is 29.3 Å². The van der Waals surface area contributed by atoms with Crippen LogP contribution in [-0.4, -0.2) is 40.0 Å². The van der Waals surface area contributed by atoms with Crippen molar-refractivity contribution < 1.29 is 9.47 Å². The molecular weight excluding hydrogens is 226 g/mol. The summed E-state index contributed by atoms with van der Waals surface area (Å²) < 4.78 is 10.5. The van der Waals surface area contributed by atoms with E-state index in [9.17, 15) is 0 Å². The molecule has 1 aromatic carbocycles. The van der Waals surface area contributed by atoms with Crippen LogP contribution >= 0.6 is 0 Å². The lowest BCUT2D eigenvalue weighted by atomic mass is 10.0. The third-order valence-corrected chi connectivity index (χ3v) is 2.92. The molecule has 0 fully saturated rings. The topological polar surface area (TPSA) is 30.5 Å². The van der Waals surface area contributed by atoms with E-state index in [0.717, 1.165) is 6.42 Å². The highest BCUT2D eigenvalue weighted by atomic mass is 16.5. The van der Waals surface area contributed by atoms with Crippen molar-refractivity contribution in [1.82, 2.24) is 5.32 Å². The molecular formula is C15H25NO2. The van der Waals surface area contributed by atoms with Crippen molar-refractivity contribution >= 4 is 0 Å². The Morgan fingerprint density at radius 3 is 2.33 bits per heavy atom. The van der Waals surface area contributed by atoms with Crippen LogP contribution in [0.1, 0.15) is 16.7 Å². The van der Waals surface area contributed by atoms with Crippen LogP contribution in [0.4, 0.5) is 0 Å². The van der Waals surface area contributed by atoms with Crippen LogP contribution in [0, 0.1) is 13.8 Å². The van der Waals surface area contributed by atoms with Crippen molar-refractivity contribution in [2.24, 2.45) is 0 Å². The normalized spacial score (nSPS) is 12.7. The van der Waals surface area contributed by atoms with Crippen molar-refractivity contribution in [1.29, 1.82) is 0 Å². The molecule has 1 N–H and O–H groups in total.